The molecule has 1 aromatic rings. The Kier molecular flexibility index (Phi) is 6.17. The molecule has 0 aliphatic carbocycles. The highest BCUT2D eigenvalue weighted by atomic mass is 35.5. The average molecular weight is 273 g/mol. The molecule has 0 spiro atoms. The van der Waals surface area contributed by atoms with Gasteiger partial charge in [0.2, 0.25) is 0 Å². The number of nitrogens with zero attached hydrogens (tertiary/aromatic N) is 1. The first-order chi connectivity index (χ1) is 8.04. The van der Waals surface area contributed by atoms with Crippen molar-refractivity contribution in [2.24, 2.45) is 0 Å². The van der Waals surface area contributed by atoms with Crippen LogP contribution in [-0.4, -0.2) is 30.0 Å². The maximum absolute atomic E-state index is 6.16. The molecule has 0 amide bonds. The normalized spacial score (nSPS) is 13.0. The van der Waals surface area contributed by atoms with E-state index in [2.05, 4.69) is 25.1 Å². The van der Waals surface area contributed by atoms with Crippen molar-refractivity contribution in [3.05, 3.63) is 28.8 Å². The minimum absolute atomic E-state index is 0.556. The van der Waals surface area contributed by atoms with Gasteiger partial charge in [-0.3, -0.25) is 4.90 Å². The molecule has 0 fully saturated rings. The number of anilines is 1. The lowest BCUT2D eigenvalue weighted by molar-refractivity contribution is 0.245. The fourth-order valence-electron chi connectivity index (χ4n) is 1.65. The molecule has 4 heteroatoms. The Labute approximate surface area is 114 Å². The van der Waals surface area contributed by atoms with E-state index < -0.39 is 0 Å². The van der Waals surface area contributed by atoms with Crippen LogP contribution >= 0.6 is 23.4 Å². The van der Waals surface area contributed by atoms with Crippen LogP contribution in [0.25, 0.3) is 0 Å². The molecule has 2 N–H and O–H groups in total. The first kappa shape index (κ1) is 14.7. The fraction of sp³-hybridized carbons (Fsp3) is 0.538. The second kappa shape index (κ2) is 7.14. The van der Waals surface area contributed by atoms with Gasteiger partial charge in [-0.15, -0.1) is 0 Å². The van der Waals surface area contributed by atoms with Gasteiger partial charge in [0.05, 0.1) is 0 Å². The summed E-state index contributed by atoms with van der Waals surface area (Å²) in [6, 6.07) is 6.22. The van der Waals surface area contributed by atoms with Crippen LogP contribution in [0.15, 0.2) is 18.2 Å². The predicted octanol–water partition coefficient (Wildman–Crippen LogP) is 3.50. The molecule has 0 saturated heterocycles. The number of nitrogen functional groups attached to an aromatic ring is 1. The summed E-state index contributed by atoms with van der Waals surface area (Å²) in [5.41, 5.74) is 7.65. The van der Waals surface area contributed by atoms with Crippen LogP contribution in [0.3, 0.4) is 0 Å². The summed E-state index contributed by atoms with van der Waals surface area (Å²) in [5, 5.41) is 0.795. The Morgan fingerprint density at radius 2 is 2.18 bits per heavy atom. The molecular formula is C13H21ClN2S. The van der Waals surface area contributed by atoms with Gasteiger partial charge in [0.1, 0.15) is 0 Å². The monoisotopic (exact) mass is 272 g/mol. The minimum atomic E-state index is 0.556. The van der Waals surface area contributed by atoms with Gasteiger partial charge < -0.3 is 5.73 Å². The molecule has 0 bridgehead atoms. The summed E-state index contributed by atoms with van der Waals surface area (Å²) in [6.45, 7) is 3.09. The topological polar surface area (TPSA) is 29.3 Å². The maximum atomic E-state index is 6.16. The van der Waals surface area contributed by atoms with Crippen molar-refractivity contribution < 1.29 is 0 Å². The van der Waals surface area contributed by atoms with Gasteiger partial charge in [0.25, 0.3) is 0 Å². The number of benzene rings is 1. The number of nitrogens with two attached hydrogens (primary N) is 1. The molecule has 17 heavy (non-hydrogen) atoms. The number of hydrogen-bond acceptors (Lipinski definition) is 3. The first-order valence-electron chi connectivity index (χ1n) is 5.77. The molecular weight excluding hydrogens is 252 g/mol. The summed E-state index contributed by atoms with van der Waals surface area (Å²) < 4.78 is 0. The van der Waals surface area contributed by atoms with Crippen LogP contribution in [0.5, 0.6) is 0 Å². The van der Waals surface area contributed by atoms with Crippen LogP contribution in [0.1, 0.15) is 18.9 Å². The number of rotatable bonds is 6. The van der Waals surface area contributed by atoms with E-state index in [1.54, 1.807) is 0 Å². The lowest BCUT2D eigenvalue weighted by Crippen LogP contribution is -2.29. The molecule has 1 unspecified atom stereocenters. The molecule has 1 rings (SSSR count). The van der Waals surface area contributed by atoms with Crippen molar-refractivity contribution in [1.29, 1.82) is 0 Å². The smallest absolute Gasteiger partial charge is 0.0452 e. The van der Waals surface area contributed by atoms with Crippen LogP contribution in [0.2, 0.25) is 5.02 Å². The molecule has 0 aliphatic rings. The van der Waals surface area contributed by atoms with E-state index in [-0.39, 0.29) is 0 Å². The summed E-state index contributed by atoms with van der Waals surface area (Å²) in [7, 11) is 2.13. The van der Waals surface area contributed by atoms with Crippen molar-refractivity contribution in [1.82, 2.24) is 4.90 Å². The van der Waals surface area contributed by atoms with Crippen molar-refractivity contribution in [2.75, 3.05) is 24.8 Å². The summed E-state index contributed by atoms with van der Waals surface area (Å²) >= 11 is 8.05. The van der Waals surface area contributed by atoms with E-state index in [9.17, 15) is 0 Å². The van der Waals surface area contributed by atoms with Crippen molar-refractivity contribution in [3.8, 4) is 0 Å². The number of thioether (sulfide) groups is 1. The van der Waals surface area contributed by atoms with Crippen LogP contribution in [0.4, 0.5) is 5.69 Å². The lowest BCUT2D eigenvalue weighted by atomic mass is 10.1. The molecule has 0 aromatic heterocycles. The van der Waals surface area contributed by atoms with Crippen molar-refractivity contribution in [2.45, 2.75) is 25.9 Å². The zero-order chi connectivity index (χ0) is 12.8. The van der Waals surface area contributed by atoms with Gasteiger partial charge >= 0.3 is 0 Å². The number of hydrogen-bond donors (Lipinski definition) is 1. The van der Waals surface area contributed by atoms with E-state index in [1.807, 2.05) is 30.0 Å². The lowest BCUT2D eigenvalue weighted by Gasteiger charge is -2.25. The van der Waals surface area contributed by atoms with Gasteiger partial charge in [0, 0.05) is 23.3 Å². The average Bonchev–Trinajstić information content (AvgIpc) is 2.30. The zero-order valence-electron chi connectivity index (χ0n) is 10.7. The summed E-state index contributed by atoms with van der Waals surface area (Å²) in [5.74, 6) is 1.19. The van der Waals surface area contributed by atoms with E-state index in [1.165, 1.54) is 12.2 Å². The SMILES string of the molecule is CSCCC(C)N(C)Cc1cc(N)ccc1Cl. The third kappa shape index (κ3) is 4.78. The molecule has 0 heterocycles. The fourth-order valence-corrected chi connectivity index (χ4v) is 2.40. The van der Waals surface area contributed by atoms with Gasteiger partial charge in [-0.1, -0.05) is 11.6 Å². The summed E-state index contributed by atoms with van der Waals surface area (Å²) in [6.07, 6.45) is 3.33. The van der Waals surface area contributed by atoms with Gasteiger partial charge in [0.15, 0.2) is 0 Å². The van der Waals surface area contributed by atoms with Gasteiger partial charge in [-0.25, -0.2) is 0 Å². The highest BCUT2D eigenvalue weighted by Crippen LogP contribution is 2.21. The van der Waals surface area contributed by atoms with E-state index >= 15 is 0 Å². The van der Waals surface area contributed by atoms with Gasteiger partial charge in [-0.05, 0) is 56.2 Å². The largest absolute Gasteiger partial charge is 0.399 e. The number of halogens is 1. The van der Waals surface area contributed by atoms with Crippen LogP contribution in [-0.2, 0) is 6.54 Å². The zero-order valence-corrected chi connectivity index (χ0v) is 12.3. The second-order valence-corrected chi connectivity index (χ2v) is 5.79. The molecule has 0 radical (unpaired) electrons. The molecule has 96 valence electrons. The Morgan fingerprint density at radius 3 is 2.82 bits per heavy atom. The summed E-state index contributed by atoms with van der Waals surface area (Å²) in [4.78, 5) is 2.32. The van der Waals surface area contributed by atoms with Crippen LogP contribution < -0.4 is 5.73 Å². The van der Waals surface area contributed by atoms with Crippen LogP contribution in [0, 0.1) is 0 Å². The third-order valence-corrected chi connectivity index (χ3v) is 3.99. The molecule has 0 aliphatic heterocycles. The Balaban J connectivity index is 2.60. The van der Waals surface area contributed by atoms with Crippen molar-refractivity contribution in [3.63, 3.8) is 0 Å². The Morgan fingerprint density at radius 1 is 1.47 bits per heavy atom. The highest BCUT2D eigenvalue weighted by Gasteiger charge is 2.11. The molecule has 1 aromatic carbocycles. The Hall–Kier alpha value is -0.380. The maximum Gasteiger partial charge on any atom is 0.0452 e. The molecule has 1 atom stereocenters. The third-order valence-electron chi connectivity index (χ3n) is 2.98. The highest BCUT2D eigenvalue weighted by molar-refractivity contribution is 7.98. The van der Waals surface area contributed by atoms with E-state index in [0.717, 1.165) is 22.8 Å². The minimum Gasteiger partial charge on any atom is -0.399 e. The predicted molar refractivity (Wildman–Crippen MR) is 79.8 cm³/mol. The van der Waals surface area contributed by atoms with Crippen molar-refractivity contribution >= 4 is 29.1 Å². The molecule has 2 nitrogen and oxygen atoms in total. The molecule has 0 saturated carbocycles. The Bertz CT molecular complexity index is 357. The standard InChI is InChI=1S/C13H21ClN2S/c1-10(6-7-17-3)16(2)9-11-8-12(15)4-5-13(11)14/h4-5,8,10H,6-7,9,15H2,1-3H3. The van der Waals surface area contributed by atoms with Gasteiger partial charge in [-0.2, -0.15) is 11.8 Å². The second-order valence-electron chi connectivity index (χ2n) is 4.40. The first-order valence-corrected chi connectivity index (χ1v) is 7.55. The van der Waals surface area contributed by atoms with E-state index in [4.69, 9.17) is 17.3 Å². The van der Waals surface area contributed by atoms with E-state index in [0.29, 0.717) is 6.04 Å². The quantitative estimate of drug-likeness (QED) is 0.804.